The smallest absolute Gasteiger partial charge is 0.0931 e. The largest absolute Gasteiger partial charge is 0.387 e. The first-order valence-corrected chi connectivity index (χ1v) is 3.96. The van der Waals surface area contributed by atoms with Crippen molar-refractivity contribution in [1.82, 2.24) is 0 Å². The number of nitrogens with one attached hydrogen (secondary N) is 2. The molecule has 0 atom stereocenters. The van der Waals surface area contributed by atoms with Gasteiger partial charge in [-0.3, -0.25) is 10.8 Å². The van der Waals surface area contributed by atoms with E-state index in [1.165, 1.54) is 0 Å². The Morgan fingerprint density at radius 3 is 0.917 bits per heavy atom. The monoisotopic (exact) mass is 172 g/mol. The second-order valence-electron chi connectivity index (χ2n) is 3.22. The van der Waals surface area contributed by atoms with E-state index in [0.717, 1.165) is 0 Å². The summed E-state index contributed by atoms with van der Waals surface area (Å²) in [7, 11) is 0. The van der Waals surface area contributed by atoms with Crippen molar-refractivity contribution in [2.24, 2.45) is 23.3 Å². The molecule has 0 unspecified atom stereocenters. The second kappa shape index (κ2) is 6.64. The van der Waals surface area contributed by atoms with Crippen molar-refractivity contribution in [2.45, 2.75) is 27.7 Å². The quantitative estimate of drug-likeness (QED) is 0.371. The van der Waals surface area contributed by atoms with Crippen LogP contribution < -0.4 is 11.5 Å². The number of rotatable bonds is 2. The molecule has 12 heavy (non-hydrogen) atoms. The third kappa shape index (κ3) is 11.7. The van der Waals surface area contributed by atoms with Crippen LogP contribution in [0, 0.1) is 22.7 Å². The van der Waals surface area contributed by atoms with Crippen LogP contribution in [0.25, 0.3) is 0 Å². The summed E-state index contributed by atoms with van der Waals surface area (Å²) in [6.45, 7) is 7.56. The lowest BCUT2D eigenvalue weighted by Gasteiger charge is -1.95. The predicted molar refractivity (Wildman–Crippen MR) is 53.5 cm³/mol. The standard InChI is InChI=1S/2C4H10N2/c2*1-3(2)4(5)6/h2*3H,1-2H3,(H3,5,6). The fourth-order valence-electron chi connectivity index (χ4n) is 0. The Labute approximate surface area is 74.4 Å². The predicted octanol–water partition coefficient (Wildman–Crippen LogP) is 1.16. The molecule has 6 N–H and O–H groups in total. The first kappa shape index (κ1) is 13.5. The maximum Gasteiger partial charge on any atom is 0.0931 e. The zero-order valence-corrected chi connectivity index (χ0v) is 8.31. The normalized spacial score (nSPS) is 9.17. The fraction of sp³-hybridized carbons (Fsp3) is 0.750. The van der Waals surface area contributed by atoms with Gasteiger partial charge in [0.15, 0.2) is 0 Å². The molecule has 0 aliphatic rings. The average Bonchev–Trinajstić information content (AvgIpc) is 1.88. The van der Waals surface area contributed by atoms with E-state index in [9.17, 15) is 0 Å². The van der Waals surface area contributed by atoms with Crippen LogP contribution in [0.2, 0.25) is 0 Å². The van der Waals surface area contributed by atoms with Crippen LogP contribution in [0.15, 0.2) is 0 Å². The van der Waals surface area contributed by atoms with Crippen LogP contribution in [-0.4, -0.2) is 11.7 Å². The number of nitrogens with two attached hydrogens (primary N) is 2. The molecule has 0 fully saturated rings. The third-order valence-corrected chi connectivity index (χ3v) is 1.24. The summed E-state index contributed by atoms with van der Waals surface area (Å²) in [4.78, 5) is 0. The van der Waals surface area contributed by atoms with Gasteiger partial charge in [-0.15, -0.1) is 0 Å². The van der Waals surface area contributed by atoms with E-state index < -0.39 is 0 Å². The molecule has 0 aromatic carbocycles. The summed E-state index contributed by atoms with van der Waals surface area (Å²) in [5.74, 6) is 0.944. The Morgan fingerprint density at radius 1 is 0.833 bits per heavy atom. The molecule has 72 valence electrons. The van der Waals surface area contributed by atoms with Crippen molar-refractivity contribution in [3.8, 4) is 0 Å². The van der Waals surface area contributed by atoms with E-state index in [1.807, 2.05) is 27.7 Å². The molecule has 4 heteroatoms. The molecule has 0 aromatic heterocycles. The van der Waals surface area contributed by atoms with Gasteiger partial charge in [0.25, 0.3) is 0 Å². The molecule has 0 aromatic rings. The van der Waals surface area contributed by atoms with Crippen LogP contribution in [0.5, 0.6) is 0 Å². The minimum Gasteiger partial charge on any atom is -0.387 e. The van der Waals surface area contributed by atoms with E-state index >= 15 is 0 Å². The summed E-state index contributed by atoms with van der Waals surface area (Å²) in [5, 5.41) is 13.5. The Kier molecular flexibility index (Phi) is 7.48. The molecule has 0 spiro atoms. The summed E-state index contributed by atoms with van der Waals surface area (Å²) >= 11 is 0. The summed E-state index contributed by atoms with van der Waals surface area (Å²) in [6, 6.07) is 0. The summed E-state index contributed by atoms with van der Waals surface area (Å²) in [6.07, 6.45) is 0. The first-order chi connectivity index (χ1) is 5.29. The van der Waals surface area contributed by atoms with Gasteiger partial charge in [-0.2, -0.15) is 0 Å². The fourth-order valence-corrected chi connectivity index (χ4v) is 0. The van der Waals surface area contributed by atoms with Gasteiger partial charge in [0.1, 0.15) is 0 Å². The van der Waals surface area contributed by atoms with Crippen molar-refractivity contribution in [3.05, 3.63) is 0 Å². The lowest BCUT2D eigenvalue weighted by atomic mass is 10.2. The molecule has 0 rings (SSSR count). The zero-order valence-electron chi connectivity index (χ0n) is 8.31. The van der Waals surface area contributed by atoms with Gasteiger partial charge in [-0.25, -0.2) is 0 Å². The number of hydrogen-bond donors (Lipinski definition) is 4. The Morgan fingerprint density at radius 2 is 0.917 bits per heavy atom. The van der Waals surface area contributed by atoms with Gasteiger partial charge in [0, 0.05) is 11.8 Å². The third-order valence-electron chi connectivity index (χ3n) is 1.24. The minimum atomic E-state index is 0.213. The van der Waals surface area contributed by atoms with Gasteiger partial charge in [0.2, 0.25) is 0 Å². The van der Waals surface area contributed by atoms with Gasteiger partial charge in [0.05, 0.1) is 11.7 Å². The molecule has 0 bridgehead atoms. The highest BCUT2D eigenvalue weighted by Crippen LogP contribution is 1.85. The summed E-state index contributed by atoms with van der Waals surface area (Å²) in [5.41, 5.74) is 10.0. The lowest BCUT2D eigenvalue weighted by molar-refractivity contribution is 0.865. The van der Waals surface area contributed by atoms with Gasteiger partial charge >= 0.3 is 0 Å². The summed E-state index contributed by atoms with van der Waals surface area (Å²) < 4.78 is 0. The van der Waals surface area contributed by atoms with Crippen LogP contribution in [-0.2, 0) is 0 Å². The highest BCUT2D eigenvalue weighted by molar-refractivity contribution is 5.78. The van der Waals surface area contributed by atoms with Crippen molar-refractivity contribution in [1.29, 1.82) is 10.8 Å². The van der Waals surface area contributed by atoms with E-state index in [-0.39, 0.29) is 23.5 Å². The average molecular weight is 172 g/mol. The Balaban J connectivity index is 0. The molecule has 0 amide bonds. The molecule has 0 aliphatic heterocycles. The number of amidine groups is 2. The van der Waals surface area contributed by atoms with Gasteiger partial charge in [-0.1, -0.05) is 27.7 Å². The Hall–Kier alpha value is -1.06. The number of hydrogen-bond acceptors (Lipinski definition) is 2. The maximum atomic E-state index is 6.73. The lowest BCUT2D eigenvalue weighted by Crippen LogP contribution is -2.16. The van der Waals surface area contributed by atoms with Crippen LogP contribution >= 0.6 is 0 Å². The molecule has 4 nitrogen and oxygen atoms in total. The first-order valence-electron chi connectivity index (χ1n) is 3.96. The molecular formula is C8H20N4. The zero-order chi connectivity index (χ0) is 10.3. The highest BCUT2D eigenvalue weighted by atomic mass is 14.7. The van der Waals surface area contributed by atoms with E-state index in [2.05, 4.69) is 0 Å². The molecule has 0 saturated carbocycles. The molecule has 0 saturated heterocycles. The van der Waals surface area contributed by atoms with Crippen molar-refractivity contribution < 1.29 is 0 Å². The second-order valence-corrected chi connectivity index (χ2v) is 3.22. The van der Waals surface area contributed by atoms with Crippen LogP contribution in [0.1, 0.15) is 27.7 Å². The molecular weight excluding hydrogens is 152 g/mol. The SMILES string of the molecule is CC(C)C(=N)N.CC(C)C(=N)N. The topological polar surface area (TPSA) is 99.7 Å². The van der Waals surface area contributed by atoms with Gasteiger partial charge < -0.3 is 11.5 Å². The van der Waals surface area contributed by atoms with Crippen LogP contribution in [0.4, 0.5) is 0 Å². The van der Waals surface area contributed by atoms with E-state index in [0.29, 0.717) is 0 Å². The van der Waals surface area contributed by atoms with Crippen molar-refractivity contribution >= 4 is 11.7 Å². The van der Waals surface area contributed by atoms with Crippen molar-refractivity contribution in [2.75, 3.05) is 0 Å². The molecule has 0 heterocycles. The minimum absolute atomic E-state index is 0.213. The van der Waals surface area contributed by atoms with Gasteiger partial charge in [-0.05, 0) is 0 Å². The van der Waals surface area contributed by atoms with Crippen molar-refractivity contribution in [3.63, 3.8) is 0 Å². The highest BCUT2D eigenvalue weighted by Gasteiger charge is 1.91. The van der Waals surface area contributed by atoms with E-state index in [1.54, 1.807) is 0 Å². The molecule has 0 radical (unpaired) electrons. The molecule has 0 aliphatic carbocycles. The Bertz CT molecular complexity index is 131. The maximum absolute atomic E-state index is 6.73. The van der Waals surface area contributed by atoms with E-state index in [4.69, 9.17) is 22.3 Å². The van der Waals surface area contributed by atoms with Crippen LogP contribution in [0.3, 0.4) is 0 Å².